The Morgan fingerprint density at radius 2 is 2.07 bits per heavy atom. The first-order valence-electron chi connectivity index (χ1n) is 8.96. The number of aromatic amines is 1. The number of furan rings is 1. The summed E-state index contributed by atoms with van der Waals surface area (Å²) in [5.41, 5.74) is 0.940. The Morgan fingerprint density at radius 1 is 1.30 bits per heavy atom. The van der Waals surface area contributed by atoms with Gasteiger partial charge in [0.05, 0.1) is 6.26 Å². The van der Waals surface area contributed by atoms with E-state index in [2.05, 4.69) is 30.2 Å². The second kappa shape index (κ2) is 11.5. The van der Waals surface area contributed by atoms with Gasteiger partial charge in [0.1, 0.15) is 11.6 Å². The fourth-order valence-corrected chi connectivity index (χ4v) is 2.73. The molecule has 2 N–H and O–H groups in total. The van der Waals surface area contributed by atoms with Crippen molar-refractivity contribution in [3.63, 3.8) is 0 Å². The molecular formula is C19H23F2IN6O2. The molecule has 30 heavy (non-hydrogen) atoms. The molecule has 0 fully saturated rings. The highest BCUT2D eigenvalue weighted by Gasteiger charge is 2.10. The molecule has 0 amide bonds. The molecule has 0 spiro atoms. The number of rotatable bonds is 8. The predicted molar refractivity (Wildman–Crippen MR) is 119 cm³/mol. The lowest BCUT2D eigenvalue weighted by Gasteiger charge is -2.22. The monoisotopic (exact) mass is 532 g/mol. The van der Waals surface area contributed by atoms with Crippen molar-refractivity contribution in [1.82, 2.24) is 25.4 Å². The second-order valence-corrected chi connectivity index (χ2v) is 6.19. The zero-order valence-electron chi connectivity index (χ0n) is 16.5. The van der Waals surface area contributed by atoms with Gasteiger partial charge in [-0.1, -0.05) is 12.1 Å². The van der Waals surface area contributed by atoms with E-state index in [9.17, 15) is 8.78 Å². The molecule has 0 saturated heterocycles. The first-order chi connectivity index (χ1) is 14.0. The Balaban J connectivity index is 0.00000320. The minimum atomic E-state index is -2.83. The van der Waals surface area contributed by atoms with E-state index in [0.29, 0.717) is 37.1 Å². The largest absolute Gasteiger partial charge is 0.461 e. The Kier molecular flexibility index (Phi) is 9.02. The quantitative estimate of drug-likeness (QED) is 0.262. The lowest BCUT2D eigenvalue weighted by molar-refractivity contribution is -0.0498. The summed E-state index contributed by atoms with van der Waals surface area (Å²) in [6.07, 6.45) is 2.20. The molecule has 0 aliphatic heterocycles. The van der Waals surface area contributed by atoms with Crippen LogP contribution in [0.5, 0.6) is 5.75 Å². The number of hydrogen-bond donors (Lipinski definition) is 2. The summed E-state index contributed by atoms with van der Waals surface area (Å²) in [4.78, 5) is 10.6. The number of hydrogen-bond acceptors (Lipinski definition) is 5. The summed E-state index contributed by atoms with van der Waals surface area (Å²) in [7, 11) is 3.59. The molecular weight excluding hydrogens is 509 g/mol. The number of aromatic nitrogens is 3. The van der Waals surface area contributed by atoms with Crippen LogP contribution >= 0.6 is 24.0 Å². The number of alkyl halides is 2. The van der Waals surface area contributed by atoms with Gasteiger partial charge in [-0.25, -0.2) is 4.98 Å². The van der Waals surface area contributed by atoms with Gasteiger partial charge in [-0.15, -0.1) is 24.0 Å². The molecule has 0 aliphatic rings. The van der Waals surface area contributed by atoms with E-state index in [1.807, 2.05) is 11.9 Å². The van der Waals surface area contributed by atoms with Crippen LogP contribution in [0.4, 0.5) is 8.78 Å². The molecule has 0 atom stereocenters. The molecule has 1 aromatic carbocycles. The Labute approximate surface area is 189 Å². The summed E-state index contributed by atoms with van der Waals surface area (Å²) in [6.45, 7) is -1.67. The number of aliphatic imine (C=N–C) groups is 1. The van der Waals surface area contributed by atoms with Gasteiger partial charge in [-0.05, 0) is 29.8 Å². The number of nitrogens with zero attached hydrogens (tertiary/aromatic N) is 4. The fraction of sp³-hybridized carbons (Fsp3) is 0.316. The van der Waals surface area contributed by atoms with Gasteiger partial charge in [0.25, 0.3) is 0 Å². The molecule has 0 aliphatic carbocycles. The summed E-state index contributed by atoms with van der Waals surface area (Å²) >= 11 is 0. The van der Waals surface area contributed by atoms with Crippen LogP contribution in [0.3, 0.4) is 0 Å². The van der Waals surface area contributed by atoms with Gasteiger partial charge < -0.3 is 19.4 Å². The molecule has 2 heterocycles. The molecule has 0 radical (unpaired) electrons. The van der Waals surface area contributed by atoms with Crippen molar-refractivity contribution in [2.45, 2.75) is 19.6 Å². The molecule has 3 rings (SSSR count). The SMILES string of the molecule is CN=C(NCCc1nc(-c2ccco2)n[nH]1)N(C)Cc1ccc(OC(F)F)cc1.I. The number of ether oxygens (including phenoxy) is 1. The van der Waals surface area contributed by atoms with Gasteiger partial charge in [-0.3, -0.25) is 10.1 Å². The molecule has 8 nitrogen and oxygen atoms in total. The lowest BCUT2D eigenvalue weighted by Crippen LogP contribution is -2.39. The minimum Gasteiger partial charge on any atom is -0.461 e. The van der Waals surface area contributed by atoms with Crippen molar-refractivity contribution in [1.29, 1.82) is 0 Å². The Morgan fingerprint density at radius 3 is 2.70 bits per heavy atom. The summed E-state index contributed by atoms with van der Waals surface area (Å²) in [5, 5.41) is 10.3. The third kappa shape index (κ3) is 6.68. The summed E-state index contributed by atoms with van der Waals surface area (Å²) in [6, 6.07) is 10.1. The van der Waals surface area contributed by atoms with Gasteiger partial charge in [-0.2, -0.15) is 13.9 Å². The van der Waals surface area contributed by atoms with Crippen LogP contribution in [0, 0.1) is 0 Å². The van der Waals surface area contributed by atoms with Crippen LogP contribution in [-0.2, 0) is 13.0 Å². The second-order valence-electron chi connectivity index (χ2n) is 6.19. The van der Waals surface area contributed by atoms with Gasteiger partial charge in [0.15, 0.2) is 11.7 Å². The number of halogens is 3. The zero-order valence-corrected chi connectivity index (χ0v) is 18.8. The maximum atomic E-state index is 12.2. The predicted octanol–water partition coefficient (Wildman–Crippen LogP) is 3.53. The molecule has 162 valence electrons. The van der Waals surface area contributed by atoms with Crippen molar-refractivity contribution in [2.24, 2.45) is 4.99 Å². The first kappa shape index (κ1) is 23.6. The van der Waals surface area contributed by atoms with Crippen LogP contribution in [0.15, 0.2) is 52.1 Å². The Bertz CT molecular complexity index is 916. The Hall–Kier alpha value is -2.70. The third-order valence-corrected chi connectivity index (χ3v) is 4.06. The molecule has 0 bridgehead atoms. The third-order valence-electron chi connectivity index (χ3n) is 4.06. The van der Waals surface area contributed by atoms with Crippen LogP contribution in [0.25, 0.3) is 11.6 Å². The summed E-state index contributed by atoms with van der Waals surface area (Å²) in [5.74, 6) is 2.70. The number of benzene rings is 1. The van der Waals surface area contributed by atoms with Gasteiger partial charge >= 0.3 is 6.61 Å². The average Bonchev–Trinajstić information content (AvgIpc) is 3.38. The van der Waals surface area contributed by atoms with Crippen LogP contribution in [0.1, 0.15) is 11.4 Å². The van der Waals surface area contributed by atoms with E-state index >= 15 is 0 Å². The zero-order chi connectivity index (χ0) is 20.6. The maximum absolute atomic E-state index is 12.2. The smallest absolute Gasteiger partial charge is 0.387 e. The van der Waals surface area contributed by atoms with Crippen molar-refractivity contribution in [2.75, 3.05) is 20.6 Å². The molecule has 0 unspecified atom stereocenters. The van der Waals surface area contributed by atoms with Crippen molar-refractivity contribution < 1.29 is 17.9 Å². The van der Waals surface area contributed by atoms with Crippen LogP contribution in [-0.4, -0.2) is 53.3 Å². The van der Waals surface area contributed by atoms with E-state index in [4.69, 9.17) is 4.42 Å². The molecule has 3 aromatic rings. The van der Waals surface area contributed by atoms with E-state index in [1.165, 1.54) is 12.1 Å². The highest BCUT2D eigenvalue weighted by Crippen LogP contribution is 2.16. The highest BCUT2D eigenvalue weighted by molar-refractivity contribution is 14.0. The minimum absolute atomic E-state index is 0. The standard InChI is InChI=1S/C19H22F2N6O2.HI/c1-22-19(27(2)12-13-5-7-14(8-6-13)29-18(20)21)23-10-9-16-24-17(26-25-16)15-4-3-11-28-15;/h3-8,11,18H,9-10,12H2,1-2H3,(H,22,23)(H,24,25,26);1H. The average molecular weight is 532 g/mol. The van der Waals surface area contributed by atoms with Crippen molar-refractivity contribution >= 4 is 29.9 Å². The molecule has 11 heteroatoms. The summed E-state index contributed by atoms with van der Waals surface area (Å²) < 4.78 is 34.1. The van der Waals surface area contributed by atoms with E-state index in [-0.39, 0.29) is 29.7 Å². The highest BCUT2D eigenvalue weighted by atomic mass is 127. The van der Waals surface area contributed by atoms with Gasteiger partial charge in [0.2, 0.25) is 5.82 Å². The number of H-pyrrole nitrogens is 1. The topological polar surface area (TPSA) is 91.6 Å². The van der Waals surface area contributed by atoms with Crippen LogP contribution in [0.2, 0.25) is 0 Å². The van der Waals surface area contributed by atoms with E-state index in [1.54, 1.807) is 37.6 Å². The normalized spacial score (nSPS) is 11.3. The molecule has 2 aromatic heterocycles. The molecule has 0 saturated carbocycles. The van der Waals surface area contributed by atoms with Gasteiger partial charge in [0, 0.05) is 33.6 Å². The van der Waals surface area contributed by atoms with Crippen LogP contribution < -0.4 is 10.1 Å². The first-order valence-corrected chi connectivity index (χ1v) is 8.96. The van der Waals surface area contributed by atoms with E-state index in [0.717, 1.165) is 11.4 Å². The van der Waals surface area contributed by atoms with Crippen molar-refractivity contribution in [3.05, 3.63) is 54.0 Å². The maximum Gasteiger partial charge on any atom is 0.387 e. The number of nitrogens with one attached hydrogen (secondary N) is 2. The van der Waals surface area contributed by atoms with E-state index < -0.39 is 6.61 Å². The number of guanidine groups is 1. The fourth-order valence-electron chi connectivity index (χ4n) is 2.73. The lowest BCUT2D eigenvalue weighted by atomic mass is 10.2. The van der Waals surface area contributed by atoms with Crippen molar-refractivity contribution in [3.8, 4) is 17.3 Å².